The van der Waals surface area contributed by atoms with Gasteiger partial charge < -0.3 is 0 Å². The molecule has 12 heavy (non-hydrogen) atoms. The molecule has 1 heterocycles. The Labute approximate surface area is 97.1 Å². The van der Waals surface area contributed by atoms with Gasteiger partial charge in [-0.2, -0.15) is 0 Å². The minimum atomic E-state index is 0. The molecule has 1 nitrogen and oxygen atoms in total. The minimum absolute atomic E-state index is 0. The Bertz CT molecular complexity index is 379. The molecule has 2 aromatic rings. The van der Waals surface area contributed by atoms with Crippen molar-refractivity contribution in [3.63, 3.8) is 0 Å². The maximum Gasteiger partial charge on any atom is 0.00205 e. The number of aromatic nitrogens is 1. The Morgan fingerprint density at radius 1 is 1.33 bits per heavy atom. The van der Waals surface area contributed by atoms with Crippen LogP contribution in [-0.2, 0) is 32.7 Å². The summed E-state index contributed by atoms with van der Waals surface area (Å²) in [6.45, 7) is 2.01. The Balaban J connectivity index is 0.000000720. The standard InChI is InChI=1S/C10H8N.Y/c1-8-10-5-3-2-4-9(10)6-7-11-8;/h2-3,5-7H,1H3;/q-1;. The number of fused-ring (bicyclic) bond motifs is 1. The Hall–Kier alpha value is -0.266. The van der Waals surface area contributed by atoms with Crippen LogP contribution < -0.4 is 0 Å². The van der Waals surface area contributed by atoms with Crippen LogP contribution in [0.2, 0.25) is 0 Å². The predicted octanol–water partition coefficient (Wildman–Crippen LogP) is 2.34. The molecule has 0 atom stereocenters. The van der Waals surface area contributed by atoms with E-state index in [1.54, 1.807) is 0 Å². The van der Waals surface area contributed by atoms with E-state index in [1.807, 2.05) is 31.3 Å². The van der Waals surface area contributed by atoms with Gasteiger partial charge in [0.05, 0.1) is 0 Å². The molecule has 0 saturated carbocycles. The van der Waals surface area contributed by atoms with Crippen LogP contribution in [0, 0.1) is 13.0 Å². The molecule has 0 saturated heterocycles. The van der Waals surface area contributed by atoms with Gasteiger partial charge in [0, 0.05) is 38.4 Å². The smallest absolute Gasteiger partial charge is 0.00205 e. The number of rotatable bonds is 0. The van der Waals surface area contributed by atoms with Crippen molar-refractivity contribution in [3.8, 4) is 0 Å². The van der Waals surface area contributed by atoms with Gasteiger partial charge in [0.1, 0.15) is 0 Å². The Morgan fingerprint density at radius 3 is 2.92 bits per heavy atom. The first-order valence-electron chi connectivity index (χ1n) is 3.60. The number of pyridine rings is 1. The van der Waals surface area contributed by atoms with E-state index in [9.17, 15) is 0 Å². The summed E-state index contributed by atoms with van der Waals surface area (Å²) in [6.07, 6.45) is 1.81. The van der Waals surface area contributed by atoms with Crippen molar-refractivity contribution in [2.75, 3.05) is 0 Å². The van der Waals surface area contributed by atoms with Gasteiger partial charge in [-0.1, -0.05) is 5.39 Å². The van der Waals surface area contributed by atoms with Crippen LogP contribution in [0.25, 0.3) is 10.8 Å². The van der Waals surface area contributed by atoms with Crippen LogP contribution in [0.5, 0.6) is 0 Å². The fourth-order valence-corrected chi connectivity index (χ4v) is 1.20. The van der Waals surface area contributed by atoms with Crippen molar-refractivity contribution >= 4 is 10.8 Å². The zero-order valence-corrected chi connectivity index (χ0v) is 9.75. The van der Waals surface area contributed by atoms with Crippen molar-refractivity contribution in [2.24, 2.45) is 0 Å². The largest absolute Gasteiger partial charge is 0.281 e. The van der Waals surface area contributed by atoms with Crippen LogP contribution in [0.4, 0.5) is 0 Å². The van der Waals surface area contributed by atoms with E-state index in [-0.39, 0.29) is 32.7 Å². The first kappa shape index (κ1) is 9.82. The molecule has 0 aliphatic heterocycles. The molecule has 2 rings (SSSR count). The molecular weight excluding hydrogens is 223 g/mol. The number of aryl methyl sites for hydroxylation is 1. The summed E-state index contributed by atoms with van der Waals surface area (Å²) in [4.78, 5) is 4.19. The van der Waals surface area contributed by atoms with Crippen molar-refractivity contribution in [1.29, 1.82) is 0 Å². The van der Waals surface area contributed by atoms with E-state index in [4.69, 9.17) is 0 Å². The second-order valence-electron chi connectivity index (χ2n) is 2.53. The fraction of sp³-hybridized carbons (Fsp3) is 0.100. The van der Waals surface area contributed by atoms with E-state index in [2.05, 4.69) is 17.1 Å². The number of hydrogen-bond acceptors (Lipinski definition) is 1. The monoisotopic (exact) mass is 231 g/mol. The third-order valence-corrected chi connectivity index (χ3v) is 1.79. The average Bonchev–Trinajstić information content (AvgIpc) is 2.06. The van der Waals surface area contributed by atoms with Crippen LogP contribution in [0.15, 0.2) is 30.5 Å². The molecule has 1 radical (unpaired) electrons. The average molecular weight is 231 g/mol. The molecule has 0 unspecified atom stereocenters. The second-order valence-corrected chi connectivity index (χ2v) is 2.53. The molecule has 1 aromatic carbocycles. The molecule has 2 heteroatoms. The van der Waals surface area contributed by atoms with E-state index in [1.165, 1.54) is 5.39 Å². The van der Waals surface area contributed by atoms with E-state index in [0.717, 1.165) is 11.1 Å². The number of hydrogen-bond donors (Lipinski definition) is 0. The molecule has 1 aromatic heterocycles. The van der Waals surface area contributed by atoms with Crippen LogP contribution in [0.1, 0.15) is 5.69 Å². The molecule has 0 fully saturated rings. The molecule has 0 spiro atoms. The molecule has 57 valence electrons. The van der Waals surface area contributed by atoms with Crippen molar-refractivity contribution in [2.45, 2.75) is 6.92 Å². The first-order valence-corrected chi connectivity index (χ1v) is 3.60. The summed E-state index contributed by atoms with van der Waals surface area (Å²) in [7, 11) is 0. The molecule has 0 bridgehead atoms. The van der Waals surface area contributed by atoms with Gasteiger partial charge >= 0.3 is 0 Å². The van der Waals surface area contributed by atoms with Gasteiger partial charge in [0.15, 0.2) is 0 Å². The molecule has 0 aliphatic rings. The zero-order chi connectivity index (χ0) is 7.68. The second kappa shape index (κ2) is 4.11. The normalized spacial score (nSPS) is 9.42. The van der Waals surface area contributed by atoms with Crippen LogP contribution in [0.3, 0.4) is 0 Å². The summed E-state index contributed by atoms with van der Waals surface area (Å²) in [5.74, 6) is 0. The van der Waals surface area contributed by atoms with Gasteiger partial charge in [0.2, 0.25) is 0 Å². The molecule has 0 amide bonds. The predicted molar refractivity (Wildman–Crippen MR) is 45.3 cm³/mol. The number of nitrogens with zero attached hydrogens (tertiary/aromatic N) is 1. The van der Waals surface area contributed by atoms with Crippen molar-refractivity contribution < 1.29 is 32.7 Å². The Morgan fingerprint density at radius 2 is 2.17 bits per heavy atom. The molecule has 0 N–H and O–H groups in total. The van der Waals surface area contributed by atoms with Gasteiger partial charge in [-0.25, -0.2) is 0 Å². The van der Waals surface area contributed by atoms with Crippen molar-refractivity contribution in [1.82, 2.24) is 4.98 Å². The van der Waals surface area contributed by atoms with Gasteiger partial charge in [0.25, 0.3) is 0 Å². The third kappa shape index (κ3) is 1.73. The van der Waals surface area contributed by atoms with Crippen molar-refractivity contribution in [3.05, 3.63) is 42.2 Å². The van der Waals surface area contributed by atoms with Gasteiger partial charge in [-0.3, -0.25) is 4.98 Å². The molecular formula is C10H8NY-. The maximum absolute atomic E-state index is 4.19. The third-order valence-electron chi connectivity index (χ3n) is 1.79. The summed E-state index contributed by atoms with van der Waals surface area (Å²) >= 11 is 0. The molecule has 0 aliphatic carbocycles. The summed E-state index contributed by atoms with van der Waals surface area (Å²) in [6, 6.07) is 11.1. The summed E-state index contributed by atoms with van der Waals surface area (Å²) in [5.41, 5.74) is 1.07. The zero-order valence-electron chi connectivity index (χ0n) is 6.91. The van der Waals surface area contributed by atoms with E-state index >= 15 is 0 Å². The fourth-order valence-electron chi connectivity index (χ4n) is 1.20. The summed E-state index contributed by atoms with van der Waals surface area (Å²) < 4.78 is 0. The Kier molecular flexibility index (Phi) is 3.36. The van der Waals surface area contributed by atoms with E-state index in [0.29, 0.717) is 0 Å². The van der Waals surface area contributed by atoms with Gasteiger partial charge in [-0.05, 0) is 13.1 Å². The topological polar surface area (TPSA) is 12.9 Å². The van der Waals surface area contributed by atoms with Gasteiger partial charge in [-0.15, -0.1) is 35.7 Å². The van der Waals surface area contributed by atoms with Crippen LogP contribution in [-0.4, -0.2) is 4.98 Å². The minimum Gasteiger partial charge on any atom is -0.281 e. The number of benzene rings is 1. The van der Waals surface area contributed by atoms with E-state index < -0.39 is 0 Å². The maximum atomic E-state index is 4.19. The first-order chi connectivity index (χ1) is 5.38. The SMILES string of the molecule is Cc1nccc2[c-]cccc12.[Y]. The quantitative estimate of drug-likeness (QED) is 0.634. The summed E-state index contributed by atoms with van der Waals surface area (Å²) in [5, 5.41) is 2.33. The van der Waals surface area contributed by atoms with Crippen LogP contribution >= 0.6 is 0 Å².